The van der Waals surface area contributed by atoms with E-state index in [9.17, 15) is 8.78 Å². The molecule has 4 nitrogen and oxygen atoms in total. The molecule has 0 radical (unpaired) electrons. The van der Waals surface area contributed by atoms with E-state index < -0.39 is 6.43 Å². The number of rotatable bonds is 6. The minimum absolute atomic E-state index is 0.363. The van der Waals surface area contributed by atoms with Crippen molar-refractivity contribution in [3.05, 3.63) is 53.6 Å². The number of ether oxygens (including phenoxy) is 1. The minimum Gasteiger partial charge on any atom is -0.496 e. The monoisotopic (exact) mass is 381 g/mol. The lowest BCUT2D eigenvalue weighted by atomic mass is 10.2. The van der Waals surface area contributed by atoms with Gasteiger partial charge in [0, 0.05) is 10.7 Å². The number of para-hydroxylation sites is 1. The molecule has 0 fully saturated rings. The van der Waals surface area contributed by atoms with Gasteiger partial charge in [0.15, 0.2) is 11.0 Å². The van der Waals surface area contributed by atoms with Gasteiger partial charge in [-0.2, -0.15) is 0 Å². The maximum Gasteiger partial charge on any atom is 0.248 e. The first-order valence-electron chi connectivity index (χ1n) is 7.36. The maximum absolute atomic E-state index is 12.6. The van der Waals surface area contributed by atoms with Crippen LogP contribution in [-0.2, 0) is 0 Å². The molecule has 0 unspecified atom stereocenters. The van der Waals surface area contributed by atoms with Gasteiger partial charge in [0.1, 0.15) is 5.75 Å². The summed E-state index contributed by atoms with van der Waals surface area (Å²) in [5.74, 6) is 0.768. The van der Waals surface area contributed by atoms with Crippen molar-refractivity contribution in [3.63, 3.8) is 0 Å². The van der Waals surface area contributed by atoms with Gasteiger partial charge >= 0.3 is 0 Å². The summed E-state index contributed by atoms with van der Waals surface area (Å²) in [7, 11) is 1.56. The number of nitrogens with zero attached hydrogens (tertiary/aromatic N) is 3. The van der Waals surface area contributed by atoms with Crippen LogP contribution in [0, 0.1) is 0 Å². The van der Waals surface area contributed by atoms with Crippen LogP contribution in [0.3, 0.4) is 0 Å². The van der Waals surface area contributed by atoms with Crippen molar-refractivity contribution in [1.82, 2.24) is 14.8 Å². The molecule has 0 N–H and O–H groups in total. The van der Waals surface area contributed by atoms with E-state index in [1.54, 1.807) is 35.9 Å². The van der Waals surface area contributed by atoms with Gasteiger partial charge < -0.3 is 4.74 Å². The average molecular weight is 382 g/mol. The third kappa shape index (κ3) is 3.93. The van der Waals surface area contributed by atoms with E-state index in [1.165, 1.54) is 0 Å². The van der Waals surface area contributed by atoms with Crippen molar-refractivity contribution in [3.8, 4) is 22.8 Å². The number of hydrogen-bond donors (Lipinski definition) is 0. The number of methoxy groups -OCH3 is 1. The molecule has 130 valence electrons. The maximum atomic E-state index is 12.6. The molecule has 0 saturated carbocycles. The summed E-state index contributed by atoms with van der Waals surface area (Å²) in [6, 6.07) is 14.4. The second-order valence-electron chi connectivity index (χ2n) is 5.02. The normalized spacial score (nSPS) is 11.1. The van der Waals surface area contributed by atoms with E-state index >= 15 is 0 Å². The van der Waals surface area contributed by atoms with Crippen LogP contribution >= 0.6 is 23.4 Å². The third-order valence-electron chi connectivity index (χ3n) is 3.40. The number of hydrogen-bond acceptors (Lipinski definition) is 4. The Hall–Kier alpha value is -2.12. The van der Waals surface area contributed by atoms with Crippen molar-refractivity contribution in [2.45, 2.75) is 11.6 Å². The highest BCUT2D eigenvalue weighted by Gasteiger charge is 2.19. The smallest absolute Gasteiger partial charge is 0.248 e. The lowest BCUT2D eigenvalue weighted by molar-refractivity contribution is 0.176. The van der Waals surface area contributed by atoms with Crippen LogP contribution < -0.4 is 4.74 Å². The first-order valence-corrected chi connectivity index (χ1v) is 8.72. The minimum atomic E-state index is -2.44. The summed E-state index contributed by atoms with van der Waals surface area (Å²) >= 11 is 6.90. The summed E-state index contributed by atoms with van der Waals surface area (Å²) in [6.07, 6.45) is -2.44. The zero-order valence-electron chi connectivity index (χ0n) is 13.2. The highest BCUT2D eigenvalue weighted by atomic mass is 35.5. The van der Waals surface area contributed by atoms with Crippen LogP contribution in [0.15, 0.2) is 53.7 Å². The van der Waals surface area contributed by atoms with Crippen LogP contribution in [0.2, 0.25) is 5.02 Å². The Kier molecular flexibility index (Phi) is 5.55. The van der Waals surface area contributed by atoms with Gasteiger partial charge in [0.05, 0.1) is 18.4 Å². The lowest BCUT2D eigenvalue weighted by Crippen LogP contribution is -2.02. The van der Waals surface area contributed by atoms with E-state index in [-0.39, 0.29) is 5.75 Å². The van der Waals surface area contributed by atoms with E-state index in [2.05, 4.69) is 10.2 Å². The Balaban J connectivity index is 2.13. The van der Waals surface area contributed by atoms with Crippen LogP contribution in [-0.4, -0.2) is 34.1 Å². The molecule has 8 heteroatoms. The van der Waals surface area contributed by atoms with Crippen molar-refractivity contribution in [1.29, 1.82) is 0 Å². The highest BCUT2D eigenvalue weighted by molar-refractivity contribution is 7.99. The third-order valence-corrected chi connectivity index (χ3v) is 4.60. The van der Waals surface area contributed by atoms with Crippen LogP contribution in [0.5, 0.6) is 5.75 Å². The fourth-order valence-corrected chi connectivity index (χ4v) is 3.15. The van der Waals surface area contributed by atoms with Crippen molar-refractivity contribution in [2.75, 3.05) is 12.9 Å². The van der Waals surface area contributed by atoms with E-state index in [4.69, 9.17) is 16.3 Å². The molecule has 25 heavy (non-hydrogen) atoms. The first-order chi connectivity index (χ1) is 12.1. The number of halogens is 3. The SMILES string of the molecule is COc1ccccc1-c1nnc(SCC(F)F)n1-c1ccc(Cl)cc1. The Morgan fingerprint density at radius 2 is 1.84 bits per heavy atom. The zero-order valence-corrected chi connectivity index (χ0v) is 14.8. The average Bonchev–Trinajstić information content (AvgIpc) is 3.04. The molecule has 0 atom stereocenters. The van der Waals surface area contributed by atoms with Gasteiger partial charge in [-0.05, 0) is 36.4 Å². The van der Waals surface area contributed by atoms with Gasteiger partial charge in [0.2, 0.25) is 6.43 Å². The summed E-state index contributed by atoms with van der Waals surface area (Å²) < 4.78 is 32.4. The molecule has 1 heterocycles. The zero-order chi connectivity index (χ0) is 17.8. The van der Waals surface area contributed by atoms with E-state index in [0.717, 1.165) is 23.0 Å². The Morgan fingerprint density at radius 3 is 2.52 bits per heavy atom. The van der Waals surface area contributed by atoms with Gasteiger partial charge in [-0.3, -0.25) is 4.57 Å². The first kappa shape index (κ1) is 17.7. The number of thioether (sulfide) groups is 1. The van der Waals surface area contributed by atoms with Crippen molar-refractivity contribution < 1.29 is 13.5 Å². The predicted octanol–water partition coefficient (Wildman–Crippen LogP) is 4.95. The van der Waals surface area contributed by atoms with Gasteiger partial charge in [-0.25, -0.2) is 8.78 Å². The van der Waals surface area contributed by atoms with E-state index in [1.807, 2.05) is 24.3 Å². The van der Waals surface area contributed by atoms with Crippen molar-refractivity contribution >= 4 is 23.4 Å². The fourth-order valence-electron chi connectivity index (χ4n) is 2.33. The largest absolute Gasteiger partial charge is 0.496 e. The Morgan fingerprint density at radius 1 is 1.12 bits per heavy atom. The molecule has 0 aliphatic rings. The molecule has 0 bridgehead atoms. The van der Waals surface area contributed by atoms with Crippen molar-refractivity contribution in [2.24, 2.45) is 0 Å². The Labute approximate surface area is 152 Å². The summed E-state index contributed by atoms with van der Waals surface area (Å²) in [5.41, 5.74) is 1.45. The number of aromatic nitrogens is 3. The summed E-state index contributed by atoms with van der Waals surface area (Å²) in [5, 5.41) is 9.26. The summed E-state index contributed by atoms with van der Waals surface area (Å²) in [4.78, 5) is 0. The van der Waals surface area contributed by atoms with Gasteiger partial charge in [-0.1, -0.05) is 35.5 Å². The lowest BCUT2D eigenvalue weighted by Gasteiger charge is -2.12. The van der Waals surface area contributed by atoms with Gasteiger partial charge in [-0.15, -0.1) is 10.2 Å². The highest BCUT2D eigenvalue weighted by Crippen LogP contribution is 2.33. The molecule has 0 amide bonds. The predicted molar refractivity (Wildman–Crippen MR) is 95.1 cm³/mol. The molecule has 1 aromatic heterocycles. The second kappa shape index (κ2) is 7.84. The van der Waals surface area contributed by atoms with Crippen LogP contribution in [0.1, 0.15) is 0 Å². The molecule has 3 rings (SSSR count). The Bertz CT molecular complexity index is 855. The molecular weight excluding hydrogens is 368 g/mol. The number of benzene rings is 2. The molecular formula is C17H14ClF2N3OS. The standard InChI is InChI=1S/C17H14ClF2N3OS/c1-24-14-5-3-2-4-13(14)16-21-22-17(25-10-15(19)20)23(16)12-8-6-11(18)7-9-12/h2-9,15H,10H2,1H3. The fraction of sp³-hybridized carbons (Fsp3) is 0.176. The van der Waals surface area contributed by atoms with Crippen LogP contribution in [0.25, 0.3) is 17.1 Å². The molecule has 0 spiro atoms. The van der Waals surface area contributed by atoms with E-state index in [0.29, 0.717) is 21.8 Å². The molecule has 0 saturated heterocycles. The quantitative estimate of drug-likeness (QED) is 0.566. The summed E-state index contributed by atoms with van der Waals surface area (Å²) in [6.45, 7) is 0. The second-order valence-corrected chi connectivity index (χ2v) is 6.44. The number of alkyl halides is 2. The molecule has 0 aliphatic heterocycles. The molecule has 2 aromatic carbocycles. The van der Waals surface area contributed by atoms with Gasteiger partial charge in [0.25, 0.3) is 0 Å². The molecule has 3 aromatic rings. The van der Waals surface area contributed by atoms with Crippen LogP contribution in [0.4, 0.5) is 8.78 Å². The molecule has 0 aliphatic carbocycles. The topological polar surface area (TPSA) is 39.9 Å².